The highest BCUT2D eigenvalue weighted by atomic mass is 32.2. The van der Waals surface area contributed by atoms with Gasteiger partial charge >= 0.3 is 0 Å². The van der Waals surface area contributed by atoms with E-state index < -0.39 is 0 Å². The summed E-state index contributed by atoms with van der Waals surface area (Å²) in [5.74, 6) is 0.474. The van der Waals surface area contributed by atoms with Gasteiger partial charge in [-0.25, -0.2) is 10.4 Å². The molecule has 0 fully saturated rings. The van der Waals surface area contributed by atoms with Gasteiger partial charge in [0.25, 0.3) is 11.5 Å². The van der Waals surface area contributed by atoms with Gasteiger partial charge in [0.15, 0.2) is 5.16 Å². The summed E-state index contributed by atoms with van der Waals surface area (Å²) in [5, 5.41) is 15.2. The van der Waals surface area contributed by atoms with Crippen LogP contribution in [-0.2, 0) is 17.6 Å². The SMILES string of the molecule is CCOc1ccc(-n2c(SCC(=O)NN=C(C)c3ccccc3O)nc3sc4c(c3c2=O)CCC4)cc1. The van der Waals surface area contributed by atoms with E-state index in [-0.39, 0.29) is 23.0 Å². The number of hydrogen-bond acceptors (Lipinski definition) is 8. The maximum Gasteiger partial charge on any atom is 0.267 e. The Morgan fingerprint density at radius 1 is 1.22 bits per heavy atom. The quantitative estimate of drug-likeness (QED) is 0.147. The van der Waals surface area contributed by atoms with Crippen LogP contribution in [0.5, 0.6) is 11.5 Å². The van der Waals surface area contributed by atoms with Crippen LogP contribution in [0.3, 0.4) is 0 Å². The number of carbonyl (C=O) groups excluding carboxylic acids is 1. The fourth-order valence-electron chi connectivity index (χ4n) is 4.36. The smallest absolute Gasteiger partial charge is 0.267 e. The molecule has 8 nitrogen and oxygen atoms in total. The van der Waals surface area contributed by atoms with Crippen molar-refractivity contribution >= 4 is 44.9 Å². The molecule has 0 saturated heterocycles. The zero-order chi connectivity index (χ0) is 25.9. The Morgan fingerprint density at radius 2 is 2.00 bits per heavy atom. The number of fused-ring (bicyclic) bond motifs is 3. The van der Waals surface area contributed by atoms with Gasteiger partial charge in [-0.1, -0.05) is 23.9 Å². The molecule has 1 aliphatic rings. The van der Waals surface area contributed by atoms with Crippen molar-refractivity contribution in [3.63, 3.8) is 0 Å². The Balaban J connectivity index is 1.43. The summed E-state index contributed by atoms with van der Waals surface area (Å²) in [7, 11) is 0. The molecule has 2 aromatic heterocycles. The Bertz CT molecular complexity index is 1560. The van der Waals surface area contributed by atoms with Gasteiger partial charge in [-0.2, -0.15) is 5.10 Å². The number of amides is 1. The predicted octanol–water partition coefficient (Wildman–Crippen LogP) is 4.67. The summed E-state index contributed by atoms with van der Waals surface area (Å²) in [6.45, 7) is 4.18. The first-order chi connectivity index (χ1) is 18.0. The molecule has 2 aromatic carbocycles. The molecule has 4 aromatic rings. The largest absolute Gasteiger partial charge is 0.507 e. The number of para-hydroxylation sites is 1. The van der Waals surface area contributed by atoms with Gasteiger partial charge in [-0.15, -0.1) is 11.3 Å². The average Bonchev–Trinajstić information content (AvgIpc) is 3.48. The van der Waals surface area contributed by atoms with E-state index in [4.69, 9.17) is 9.72 Å². The topological polar surface area (TPSA) is 106 Å². The van der Waals surface area contributed by atoms with E-state index in [0.29, 0.717) is 38.9 Å². The zero-order valence-corrected chi connectivity index (χ0v) is 22.1. The normalized spacial score (nSPS) is 13.1. The Kier molecular flexibility index (Phi) is 7.29. The summed E-state index contributed by atoms with van der Waals surface area (Å²) < 4.78 is 7.13. The van der Waals surface area contributed by atoms with E-state index in [9.17, 15) is 14.7 Å². The fraction of sp³-hybridized carbons (Fsp3) is 0.259. The highest BCUT2D eigenvalue weighted by molar-refractivity contribution is 7.99. The number of thiophene rings is 1. The molecular weight excluding hydrogens is 508 g/mol. The maximum absolute atomic E-state index is 13.8. The molecule has 0 saturated carbocycles. The molecule has 0 bridgehead atoms. The number of hydrazone groups is 1. The summed E-state index contributed by atoms with van der Waals surface area (Å²) in [5.41, 5.74) is 5.21. The number of aromatic nitrogens is 2. The summed E-state index contributed by atoms with van der Waals surface area (Å²) in [6.07, 6.45) is 2.91. The van der Waals surface area contributed by atoms with E-state index in [0.717, 1.165) is 30.6 Å². The monoisotopic (exact) mass is 534 g/mol. The lowest BCUT2D eigenvalue weighted by Crippen LogP contribution is -2.24. The van der Waals surface area contributed by atoms with Crippen molar-refractivity contribution in [3.05, 3.63) is 74.9 Å². The molecule has 1 aliphatic carbocycles. The molecule has 0 unspecified atom stereocenters. The van der Waals surface area contributed by atoms with Gasteiger partial charge < -0.3 is 9.84 Å². The third kappa shape index (κ3) is 5.12. The summed E-state index contributed by atoms with van der Waals surface area (Å²) in [4.78, 5) is 33.2. The van der Waals surface area contributed by atoms with Crippen LogP contribution in [0.2, 0.25) is 0 Å². The number of aryl methyl sites for hydroxylation is 2. The van der Waals surface area contributed by atoms with Crippen molar-refractivity contribution in [3.8, 4) is 17.2 Å². The molecule has 1 amide bonds. The second-order valence-corrected chi connectivity index (χ2v) is 10.6. The van der Waals surface area contributed by atoms with Crippen molar-refractivity contribution in [2.24, 2.45) is 5.10 Å². The number of phenolic OH excluding ortho intramolecular Hbond substituents is 1. The number of phenols is 1. The van der Waals surface area contributed by atoms with Crippen LogP contribution in [0.4, 0.5) is 0 Å². The van der Waals surface area contributed by atoms with Crippen LogP contribution in [0.15, 0.2) is 63.6 Å². The van der Waals surface area contributed by atoms with Crippen molar-refractivity contribution in [2.45, 2.75) is 38.3 Å². The fourth-order valence-corrected chi connectivity index (χ4v) is 6.46. The first-order valence-electron chi connectivity index (χ1n) is 12.0. The third-order valence-corrected chi connectivity index (χ3v) is 8.21. The van der Waals surface area contributed by atoms with Crippen LogP contribution in [0.25, 0.3) is 15.9 Å². The second-order valence-electron chi connectivity index (χ2n) is 8.54. The Labute approximate surface area is 222 Å². The van der Waals surface area contributed by atoms with Crippen LogP contribution in [0, 0.1) is 0 Å². The number of carbonyl (C=O) groups is 1. The Hall–Kier alpha value is -3.63. The number of ether oxygens (including phenoxy) is 1. The number of hydrogen-bond donors (Lipinski definition) is 2. The summed E-state index contributed by atoms with van der Waals surface area (Å²) in [6, 6.07) is 14.1. The molecular formula is C27H26N4O4S2. The van der Waals surface area contributed by atoms with Crippen molar-refractivity contribution in [1.29, 1.82) is 0 Å². The van der Waals surface area contributed by atoms with Gasteiger partial charge in [-0.3, -0.25) is 14.2 Å². The van der Waals surface area contributed by atoms with Crippen molar-refractivity contribution in [2.75, 3.05) is 12.4 Å². The van der Waals surface area contributed by atoms with Crippen LogP contribution in [0.1, 0.15) is 36.3 Å². The lowest BCUT2D eigenvalue weighted by atomic mass is 10.1. The number of benzene rings is 2. The second kappa shape index (κ2) is 10.8. The molecule has 5 rings (SSSR count). The first kappa shape index (κ1) is 25.0. The van der Waals surface area contributed by atoms with Gasteiger partial charge in [0.2, 0.25) is 0 Å². The van der Waals surface area contributed by atoms with Gasteiger partial charge in [0.05, 0.1) is 29.1 Å². The van der Waals surface area contributed by atoms with E-state index in [1.165, 1.54) is 16.6 Å². The molecule has 10 heteroatoms. The minimum Gasteiger partial charge on any atom is -0.507 e. The van der Waals surface area contributed by atoms with Gasteiger partial charge in [0.1, 0.15) is 16.3 Å². The van der Waals surface area contributed by atoms with Crippen LogP contribution < -0.4 is 15.7 Å². The number of rotatable bonds is 8. The minimum atomic E-state index is -0.346. The van der Waals surface area contributed by atoms with E-state index in [1.807, 2.05) is 31.2 Å². The number of nitrogens with one attached hydrogen (secondary N) is 1. The number of aromatic hydroxyl groups is 1. The lowest BCUT2D eigenvalue weighted by Gasteiger charge is -2.13. The van der Waals surface area contributed by atoms with E-state index >= 15 is 0 Å². The lowest BCUT2D eigenvalue weighted by molar-refractivity contribution is -0.118. The predicted molar refractivity (Wildman–Crippen MR) is 148 cm³/mol. The number of thioether (sulfide) groups is 1. The minimum absolute atomic E-state index is 0.0115. The van der Waals surface area contributed by atoms with Crippen LogP contribution in [-0.4, -0.2) is 38.6 Å². The molecule has 190 valence electrons. The molecule has 0 aliphatic heterocycles. The molecule has 0 atom stereocenters. The zero-order valence-electron chi connectivity index (χ0n) is 20.5. The van der Waals surface area contributed by atoms with Crippen LogP contribution >= 0.6 is 23.1 Å². The molecule has 2 heterocycles. The van der Waals surface area contributed by atoms with E-state index in [1.54, 1.807) is 47.1 Å². The average molecular weight is 535 g/mol. The van der Waals surface area contributed by atoms with E-state index in [2.05, 4.69) is 10.5 Å². The maximum atomic E-state index is 13.8. The number of nitrogens with zero attached hydrogens (tertiary/aromatic N) is 3. The Morgan fingerprint density at radius 3 is 2.76 bits per heavy atom. The molecule has 0 radical (unpaired) electrons. The van der Waals surface area contributed by atoms with Crippen molar-refractivity contribution in [1.82, 2.24) is 15.0 Å². The van der Waals surface area contributed by atoms with Gasteiger partial charge in [-0.05, 0) is 75.1 Å². The summed E-state index contributed by atoms with van der Waals surface area (Å²) >= 11 is 2.75. The molecule has 0 spiro atoms. The highest BCUT2D eigenvalue weighted by Crippen LogP contribution is 2.36. The highest BCUT2D eigenvalue weighted by Gasteiger charge is 2.24. The molecule has 2 N–H and O–H groups in total. The third-order valence-electron chi connectivity index (χ3n) is 6.09. The molecule has 37 heavy (non-hydrogen) atoms. The van der Waals surface area contributed by atoms with Gasteiger partial charge in [0, 0.05) is 10.4 Å². The van der Waals surface area contributed by atoms with Crippen molar-refractivity contribution < 1.29 is 14.6 Å². The standard InChI is InChI=1S/C27H26N4O4S2/c1-3-35-18-13-11-17(12-14-18)31-26(34)24-20-8-6-10-22(20)37-25(24)28-27(31)36-15-23(33)30-29-16(2)19-7-4-5-9-21(19)32/h4-5,7,9,11-14,32H,3,6,8,10,15H2,1-2H3,(H,30,33). The first-order valence-corrected chi connectivity index (χ1v) is 13.8.